The maximum absolute atomic E-state index is 12.9. The van der Waals surface area contributed by atoms with Crippen LogP contribution in [0.4, 0.5) is 5.82 Å². The predicted octanol–water partition coefficient (Wildman–Crippen LogP) is 2.07. The lowest BCUT2D eigenvalue weighted by atomic mass is 10.1. The van der Waals surface area contributed by atoms with Crippen molar-refractivity contribution in [2.24, 2.45) is 0 Å². The lowest BCUT2D eigenvalue weighted by Gasteiger charge is -2.22. The number of aryl methyl sites for hydroxylation is 1. The molecule has 1 aliphatic heterocycles. The van der Waals surface area contributed by atoms with Gasteiger partial charge in [0, 0.05) is 38.8 Å². The summed E-state index contributed by atoms with van der Waals surface area (Å²) in [5.74, 6) is 1.97. The van der Waals surface area contributed by atoms with Crippen molar-refractivity contribution < 1.29 is 9.32 Å². The van der Waals surface area contributed by atoms with E-state index in [1.807, 2.05) is 36.9 Å². The van der Waals surface area contributed by atoms with Gasteiger partial charge in [-0.3, -0.25) is 4.79 Å². The van der Waals surface area contributed by atoms with Gasteiger partial charge < -0.3 is 14.3 Å². The first-order valence-electron chi connectivity index (χ1n) is 7.87. The van der Waals surface area contributed by atoms with E-state index in [-0.39, 0.29) is 11.9 Å². The van der Waals surface area contributed by atoms with Crippen molar-refractivity contribution in [3.63, 3.8) is 0 Å². The summed E-state index contributed by atoms with van der Waals surface area (Å²) in [4.78, 5) is 25.2. The zero-order valence-electron chi connectivity index (χ0n) is 13.7. The highest BCUT2D eigenvalue weighted by Crippen LogP contribution is 2.31. The Kier molecular flexibility index (Phi) is 4.27. The minimum atomic E-state index is -0.109. The van der Waals surface area contributed by atoms with Crippen LogP contribution in [-0.4, -0.2) is 46.6 Å². The molecule has 0 spiro atoms. The molecule has 3 heterocycles. The van der Waals surface area contributed by atoms with E-state index < -0.39 is 0 Å². The number of likely N-dealkylation sites (tertiary alicyclic amines) is 1. The Hall–Kier alpha value is -2.44. The summed E-state index contributed by atoms with van der Waals surface area (Å²) in [5, 5.41) is 4.04. The molecule has 1 aliphatic rings. The Morgan fingerprint density at radius 1 is 1.48 bits per heavy atom. The summed E-state index contributed by atoms with van der Waals surface area (Å²) in [6.45, 7) is 2.67. The molecule has 1 saturated heterocycles. The lowest BCUT2D eigenvalue weighted by molar-refractivity contribution is 0.0728. The molecule has 2 aromatic heterocycles. The van der Waals surface area contributed by atoms with Crippen LogP contribution in [0, 0.1) is 0 Å². The van der Waals surface area contributed by atoms with E-state index in [1.54, 1.807) is 12.3 Å². The van der Waals surface area contributed by atoms with Crippen molar-refractivity contribution in [1.82, 2.24) is 20.0 Å². The zero-order chi connectivity index (χ0) is 16.4. The molecule has 1 amide bonds. The van der Waals surface area contributed by atoms with E-state index in [2.05, 4.69) is 15.1 Å². The number of carbonyl (C=O) groups is 1. The molecule has 0 aromatic carbocycles. The second-order valence-corrected chi connectivity index (χ2v) is 5.85. The molecule has 0 unspecified atom stereocenters. The summed E-state index contributed by atoms with van der Waals surface area (Å²) >= 11 is 0. The third-order valence-corrected chi connectivity index (χ3v) is 4.05. The highest BCUT2D eigenvalue weighted by atomic mass is 16.5. The number of aromatic nitrogens is 3. The molecule has 1 fully saturated rings. The summed E-state index contributed by atoms with van der Waals surface area (Å²) in [6, 6.07) is 3.45. The van der Waals surface area contributed by atoms with Gasteiger partial charge in [0.25, 0.3) is 5.91 Å². The first kappa shape index (κ1) is 15.5. The van der Waals surface area contributed by atoms with Gasteiger partial charge >= 0.3 is 0 Å². The van der Waals surface area contributed by atoms with Crippen LogP contribution in [0.15, 0.2) is 22.9 Å². The Morgan fingerprint density at radius 2 is 2.30 bits per heavy atom. The zero-order valence-corrected chi connectivity index (χ0v) is 13.7. The smallest absolute Gasteiger partial charge is 0.254 e. The second-order valence-electron chi connectivity index (χ2n) is 5.85. The summed E-state index contributed by atoms with van der Waals surface area (Å²) < 4.78 is 5.19. The van der Waals surface area contributed by atoms with E-state index in [0.29, 0.717) is 30.2 Å². The standard InChI is InChI=1S/C16H21N5O2/c1-4-14-18-15(19-23-14)12-6-5-9-21(12)16(22)11-7-8-17-13(10-11)20(2)3/h7-8,10,12H,4-6,9H2,1-3H3/t12-/m1/s1. The second kappa shape index (κ2) is 6.36. The van der Waals surface area contributed by atoms with E-state index in [9.17, 15) is 4.79 Å². The first-order valence-corrected chi connectivity index (χ1v) is 7.87. The van der Waals surface area contributed by atoms with Gasteiger partial charge in [0.15, 0.2) is 5.82 Å². The van der Waals surface area contributed by atoms with Gasteiger partial charge in [-0.2, -0.15) is 4.98 Å². The first-order chi connectivity index (χ1) is 11.1. The van der Waals surface area contributed by atoms with Crippen molar-refractivity contribution in [2.75, 3.05) is 25.5 Å². The molecule has 3 rings (SSSR count). The van der Waals surface area contributed by atoms with Gasteiger partial charge in [0.1, 0.15) is 5.82 Å². The molecular formula is C16H21N5O2. The third-order valence-electron chi connectivity index (χ3n) is 4.05. The number of pyridine rings is 1. The molecule has 0 aliphatic carbocycles. The number of anilines is 1. The minimum Gasteiger partial charge on any atom is -0.363 e. The van der Waals surface area contributed by atoms with Crippen molar-refractivity contribution in [3.05, 3.63) is 35.6 Å². The largest absolute Gasteiger partial charge is 0.363 e. The lowest BCUT2D eigenvalue weighted by Crippen LogP contribution is -2.31. The molecule has 2 aromatic rings. The van der Waals surface area contributed by atoms with Crippen LogP contribution in [0.3, 0.4) is 0 Å². The Balaban J connectivity index is 1.84. The topological polar surface area (TPSA) is 75.4 Å². The average molecular weight is 315 g/mol. The fourth-order valence-corrected chi connectivity index (χ4v) is 2.79. The number of amides is 1. The van der Waals surface area contributed by atoms with Crippen LogP contribution in [0.2, 0.25) is 0 Å². The molecule has 0 radical (unpaired) electrons. The normalized spacial score (nSPS) is 17.5. The fraction of sp³-hybridized carbons (Fsp3) is 0.500. The minimum absolute atomic E-state index is 0.0131. The Bertz CT molecular complexity index is 697. The van der Waals surface area contributed by atoms with Crippen LogP contribution in [0.25, 0.3) is 0 Å². The average Bonchev–Trinajstić information content (AvgIpc) is 3.22. The van der Waals surface area contributed by atoms with Gasteiger partial charge in [0.2, 0.25) is 5.89 Å². The van der Waals surface area contributed by atoms with Crippen LogP contribution in [0.1, 0.15) is 47.9 Å². The van der Waals surface area contributed by atoms with E-state index in [1.165, 1.54) is 0 Å². The summed E-state index contributed by atoms with van der Waals surface area (Å²) in [5.41, 5.74) is 0.634. The predicted molar refractivity (Wildman–Crippen MR) is 85.3 cm³/mol. The molecule has 0 bridgehead atoms. The van der Waals surface area contributed by atoms with Crippen molar-refractivity contribution in [3.8, 4) is 0 Å². The number of hydrogen-bond donors (Lipinski definition) is 0. The molecule has 7 heteroatoms. The SMILES string of the molecule is CCc1nc([C@H]2CCCN2C(=O)c2ccnc(N(C)C)c2)no1. The quantitative estimate of drug-likeness (QED) is 0.860. The van der Waals surface area contributed by atoms with E-state index >= 15 is 0 Å². The molecule has 0 N–H and O–H groups in total. The third kappa shape index (κ3) is 3.04. The van der Waals surface area contributed by atoms with Crippen molar-refractivity contribution in [2.45, 2.75) is 32.2 Å². The van der Waals surface area contributed by atoms with Crippen molar-refractivity contribution in [1.29, 1.82) is 0 Å². The molecular weight excluding hydrogens is 294 g/mol. The molecule has 0 saturated carbocycles. The molecule has 1 atom stereocenters. The summed E-state index contributed by atoms with van der Waals surface area (Å²) in [7, 11) is 3.81. The maximum atomic E-state index is 12.9. The van der Waals surface area contributed by atoms with Crippen LogP contribution in [-0.2, 0) is 6.42 Å². The number of rotatable bonds is 4. The molecule has 7 nitrogen and oxygen atoms in total. The summed E-state index contributed by atoms with van der Waals surface area (Å²) in [6.07, 6.45) is 4.17. The van der Waals surface area contributed by atoms with Crippen LogP contribution in [0.5, 0.6) is 0 Å². The van der Waals surface area contributed by atoms with Crippen molar-refractivity contribution >= 4 is 11.7 Å². The Morgan fingerprint density at radius 3 is 3.00 bits per heavy atom. The number of carbonyl (C=O) groups excluding carboxylic acids is 1. The Labute approximate surface area is 135 Å². The highest BCUT2D eigenvalue weighted by molar-refractivity contribution is 5.95. The van der Waals surface area contributed by atoms with Crippen LogP contribution < -0.4 is 4.90 Å². The van der Waals surface area contributed by atoms with Gasteiger partial charge in [-0.1, -0.05) is 12.1 Å². The monoisotopic (exact) mass is 315 g/mol. The maximum Gasteiger partial charge on any atom is 0.254 e. The van der Waals surface area contributed by atoms with Crippen LogP contribution >= 0.6 is 0 Å². The number of hydrogen-bond acceptors (Lipinski definition) is 6. The van der Waals surface area contributed by atoms with Gasteiger partial charge in [0.05, 0.1) is 6.04 Å². The number of nitrogens with zero attached hydrogens (tertiary/aromatic N) is 5. The van der Waals surface area contributed by atoms with E-state index in [4.69, 9.17) is 4.52 Å². The molecule has 122 valence electrons. The van der Waals surface area contributed by atoms with Gasteiger partial charge in [-0.05, 0) is 25.0 Å². The van der Waals surface area contributed by atoms with Gasteiger partial charge in [-0.15, -0.1) is 0 Å². The molecule has 23 heavy (non-hydrogen) atoms. The fourth-order valence-electron chi connectivity index (χ4n) is 2.79. The van der Waals surface area contributed by atoms with Gasteiger partial charge in [-0.25, -0.2) is 4.98 Å². The highest BCUT2D eigenvalue weighted by Gasteiger charge is 2.34. The van der Waals surface area contributed by atoms with E-state index in [0.717, 1.165) is 18.7 Å².